The minimum Gasteiger partial charge on any atom is -0.380 e. The second-order valence-electron chi connectivity index (χ2n) is 4.41. The Hall–Kier alpha value is -1.70. The highest BCUT2D eigenvalue weighted by molar-refractivity contribution is 7.89. The van der Waals surface area contributed by atoms with Crippen molar-refractivity contribution >= 4 is 10.0 Å². The van der Waals surface area contributed by atoms with Crippen LogP contribution in [0.4, 0.5) is 0 Å². The maximum absolute atomic E-state index is 12.0. The highest BCUT2D eigenvalue weighted by atomic mass is 32.2. The van der Waals surface area contributed by atoms with Gasteiger partial charge < -0.3 is 9.72 Å². The standard InChI is InChI=1S/C13H17N3O3S/c1-10-14-8-13(16-10)20(17,18)15-7-11-4-3-5-12(6-11)9-19-2/h3-6,8,15H,7,9H2,1-2H3,(H,14,16). The van der Waals surface area contributed by atoms with Gasteiger partial charge in [0.25, 0.3) is 10.0 Å². The van der Waals surface area contributed by atoms with E-state index in [0.29, 0.717) is 12.4 Å². The van der Waals surface area contributed by atoms with Crippen molar-refractivity contribution in [3.8, 4) is 0 Å². The van der Waals surface area contributed by atoms with Crippen LogP contribution >= 0.6 is 0 Å². The Morgan fingerprint density at radius 1 is 1.35 bits per heavy atom. The van der Waals surface area contributed by atoms with Gasteiger partial charge in [-0.1, -0.05) is 24.3 Å². The fraction of sp³-hybridized carbons (Fsp3) is 0.308. The molecule has 0 bridgehead atoms. The molecule has 0 saturated carbocycles. The number of imidazole rings is 1. The van der Waals surface area contributed by atoms with Crippen LogP contribution in [0.2, 0.25) is 0 Å². The Kier molecular flexibility index (Phi) is 4.53. The van der Waals surface area contributed by atoms with E-state index in [2.05, 4.69) is 14.7 Å². The summed E-state index contributed by atoms with van der Waals surface area (Å²) in [6, 6.07) is 7.57. The first-order chi connectivity index (χ1) is 9.51. The van der Waals surface area contributed by atoms with Gasteiger partial charge in [0.15, 0.2) is 5.03 Å². The van der Waals surface area contributed by atoms with Gasteiger partial charge in [0.1, 0.15) is 5.82 Å². The fourth-order valence-electron chi connectivity index (χ4n) is 1.79. The van der Waals surface area contributed by atoms with E-state index < -0.39 is 10.0 Å². The van der Waals surface area contributed by atoms with Crippen molar-refractivity contribution in [1.82, 2.24) is 14.7 Å². The van der Waals surface area contributed by atoms with E-state index in [0.717, 1.165) is 11.1 Å². The van der Waals surface area contributed by atoms with E-state index in [1.165, 1.54) is 6.20 Å². The number of methoxy groups -OCH3 is 1. The molecule has 0 atom stereocenters. The number of H-pyrrole nitrogens is 1. The topological polar surface area (TPSA) is 84.1 Å². The third-order valence-corrected chi connectivity index (χ3v) is 4.05. The van der Waals surface area contributed by atoms with Gasteiger partial charge in [0.05, 0.1) is 12.8 Å². The Morgan fingerprint density at radius 2 is 2.10 bits per heavy atom. The summed E-state index contributed by atoms with van der Waals surface area (Å²) in [5.74, 6) is 0.562. The molecule has 0 amide bonds. The van der Waals surface area contributed by atoms with Gasteiger partial charge in [-0.2, -0.15) is 0 Å². The molecule has 0 fully saturated rings. The summed E-state index contributed by atoms with van der Waals surface area (Å²) in [7, 11) is -1.94. The Morgan fingerprint density at radius 3 is 2.75 bits per heavy atom. The van der Waals surface area contributed by atoms with Crippen molar-refractivity contribution in [3.63, 3.8) is 0 Å². The third-order valence-electron chi connectivity index (χ3n) is 2.74. The number of hydrogen-bond donors (Lipinski definition) is 2. The molecule has 2 aromatic rings. The van der Waals surface area contributed by atoms with Crippen LogP contribution < -0.4 is 4.72 Å². The van der Waals surface area contributed by atoms with Gasteiger partial charge in [-0.3, -0.25) is 0 Å². The predicted octanol–water partition coefficient (Wildman–Crippen LogP) is 1.34. The average molecular weight is 295 g/mol. The molecule has 2 rings (SSSR count). The normalized spacial score (nSPS) is 11.7. The van der Waals surface area contributed by atoms with Gasteiger partial charge in [-0.05, 0) is 18.1 Å². The molecule has 1 aromatic heterocycles. The van der Waals surface area contributed by atoms with Crippen molar-refractivity contribution in [1.29, 1.82) is 0 Å². The summed E-state index contributed by atoms with van der Waals surface area (Å²) in [6.45, 7) is 2.42. The van der Waals surface area contributed by atoms with E-state index in [1.54, 1.807) is 14.0 Å². The number of aromatic nitrogens is 2. The molecule has 7 heteroatoms. The predicted molar refractivity (Wildman–Crippen MR) is 74.5 cm³/mol. The third kappa shape index (κ3) is 3.66. The van der Waals surface area contributed by atoms with Crippen LogP contribution in [-0.4, -0.2) is 25.5 Å². The molecule has 0 aliphatic heterocycles. The molecule has 0 aliphatic carbocycles. The number of benzene rings is 1. The van der Waals surface area contributed by atoms with Crippen LogP contribution in [0.5, 0.6) is 0 Å². The monoisotopic (exact) mass is 295 g/mol. The summed E-state index contributed by atoms with van der Waals surface area (Å²) >= 11 is 0. The zero-order chi connectivity index (χ0) is 14.6. The molecular formula is C13H17N3O3S. The fourth-order valence-corrected chi connectivity index (χ4v) is 2.77. The smallest absolute Gasteiger partial charge is 0.257 e. The first-order valence-corrected chi connectivity index (χ1v) is 7.57. The summed E-state index contributed by atoms with van der Waals surface area (Å²) in [6.07, 6.45) is 1.30. The number of hydrogen-bond acceptors (Lipinski definition) is 4. The number of aryl methyl sites for hydroxylation is 1. The first-order valence-electron chi connectivity index (χ1n) is 6.09. The van der Waals surface area contributed by atoms with Crippen molar-refractivity contribution in [2.75, 3.05) is 7.11 Å². The van der Waals surface area contributed by atoms with Gasteiger partial charge in [-0.25, -0.2) is 18.1 Å². The summed E-state index contributed by atoms with van der Waals surface area (Å²) in [5.41, 5.74) is 1.88. The number of aromatic amines is 1. The maximum Gasteiger partial charge on any atom is 0.257 e. The molecule has 0 spiro atoms. The first kappa shape index (κ1) is 14.7. The number of rotatable bonds is 6. The number of nitrogens with zero attached hydrogens (tertiary/aromatic N) is 1. The summed E-state index contributed by atoms with van der Waals surface area (Å²) < 4.78 is 31.6. The number of nitrogens with one attached hydrogen (secondary N) is 2. The summed E-state index contributed by atoms with van der Waals surface area (Å²) in [4.78, 5) is 6.59. The van der Waals surface area contributed by atoms with Crippen LogP contribution in [0.25, 0.3) is 0 Å². The van der Waals surface area contributed by atoms with Crippen molar-refractivity contribution < 1.29 is 13.2 Å². The average Bonchev–Trinajstić information content (AvgIpc) is 2.85. The largest absolute Gasteiger partial charge is 0.380 e. The van der Waals surface area contributed by atoms with Gasteiger partial charge in [0.2, 0.25) is 0 Å². The van der Waals surface area contributed by atoms with E-state index in [-0.39, 0.29) is 11.6 Å². The van der Waals surface area contributed by atoms with Crippen molar-refractivity contribution in [3.05, 3.63) is 47.4 Å². The molecule has 108 valence electrons. The van der Waals surface area contributed by atoms with Crippen LogP contribution in [0, 0.1) is 6.92 Å². The van der Waals surface area contributed by atoms with Crippen molar-refractivity contribution in [2.24, 2.45) is 0 Å². The van der Waals surface area contributed by atoms with Crippen LogP contribution in [0.3, 0.4) is 0 Å². The molecule has 0 aliphatic rings. The lowest BCUT2D eigenvalue weighted by atomic mass is 10.1. The second-order valence-corrected chi connectivity index (χ2v) is 6.15. The van der Waals surface area contributed by atoms with Gasteiger partial charge in [0, 0.05) is 13.7 Å². The lowest BCUT2D eigenvalue weighted by Gasteiger charge is -2.06. The lowest BCUT2D eigenvalue weighted by molar-refractivity contribution is 0.185. The quantitative estimate of drug-likeness (QED) is 0.842. The van der Waals surface area contributed by atoms with Crippen LogP contribution in [0.1, 0.15) is 17.0 Å². The van der Waals surface area contributed by atoms with E-state index >= 15 is 0 Å². The zero-order valence-electron chi connectivity index (χ0n) is 11.4. The molecular weight excluding hydrogens is 278 g/mol. The number of sulfonamides is 1. The molecule has 1 aromatic carbocycles. The van der Waals surface area contributed by atoms with Crippen LogP contribution in [-0.2, 0) is 27.9 Å². The highest BCUT2D eigenvalue weighted by Crippen LogP contribution is 2.09. The lowest BCUT2D eigenvalue weighted by Crippen LogP contribution is -2.23. The van der Waals surface area contributed by atoms with E-state index in [4.69, 9.17) is 4.74 Å². The summed E-state index contributed by atoms with van der Waals surface area (Å²) in [5, 5.41) is 0.0723. The van der Waals surface area contributed by atoms with E-state index in [9.17, 15) is 8.42 Å². The van der Waals surface area contributed by atoms with Crippen LogP contribution in [0.15, 0.2) is 35.5 Å². The molecule has 6 nitrogen and oxygen atoms in total. The molecule has 0 saturated heterocycles. The molecule has 20 heavy (non-hydrogen) atoms. The van der Waals surface area contributed by atoms with Gasteiger partial charge in [-0.15, -0.1) is 0 Å². The molecule has 0 unspecified atom stereocenters. The maximum atomic E-state index is 12.0. The molecule has 0 radical (unpaired) electrons. The SMILES string of the molecule is COCc1cccc(CNS(=O)(=O)c2cnc(C)[nH]2)c1. The highest BCUT2D eigenvalue weighted by Gasteiger charge is 2.15. The second kappa shape index (κ2) is 6.17. The Bertz CT molecular complexity index is 680. The van der Waals surface area contributed by atoms with E-state index in [1.807, 2.05) is 24.3 Å². The Labute approximate surface area is 118 Å². The molecule has 2 N–H and O–H groups in total. The minimum absolute atomic E-state index is 0.0723. The molecule has 1 heterocycles. The Balaban J connectivity index is 2.06. The van der Waals surface area contributed by atoms with Gasteiger partial charge >= 0.3 is 0 Å². The van der Waals surface area contributed by atoms with Crippen molar-refractivity contribution in [2.45, 2.75) is 25.1 Å². The number of ether oxygens (including phenoxy) is 1. The minimum atomic E-state index is -3.56. The zero-order valence-corrected chi connectivity index (χ0v) is 12.2.